The highest BCUT2D eigenvalue weighted by atomic mass is 32.2. The maximum absolute atomic E-state index is 13.5. The largest absolute Gasteiger partial charge is 0.478 e. The first-order valence-electron chi connectivity index (χ1n) is 5.78. The van der Waals surface area contributed by atoms with Gasteiger partial charge in [-0.1, -0.05) is 0 Å². The van der Waals surface area contributed by atoms with Gasteiger partial charge in [0, 0.05) is 11.4 Å². The van der Waals surface area contributed by atoms with Gasteiger partial charge >= 0.3 is 12.6 Å². The van der Waals surface area contributed by atoms with Gasteiger partial charge in [0.15, 0.2) is 11.6 Å². The number of rotatable bonds is 6. The normalized spacial score (nSPS) is 11.5. The van der Waals surface area contributed by atoms with E-state index in [9.17, 15) is 26.4 Å². The Kier molecular flexibility index (Phi) is 4.80. The molecule has 1 aromatic carbocycles. The molecule has 1 heterocycles. The van der Waals surface area contributed by atoms with Crippen LogP contribution >= 0.6 is 11.3 Å². The number of carboxylic acid groups (broad SMARTS) is 1. The Balaban J connectivity index is 2.23. The minimum absolute atomic E-state index is 0.206. The fourth-order valence-corrected chi connectivity index (χ4v) is 3.73. The molecule has 0 aliphatic rings. The van der Waals surface area contributed by atoms with Crippen molar-refractivity contribution in [3.8, 4) is 5.75 Å². The number of sulfonamides is 1. The van der Waals surface area contributed by atoms with Gasteiger partial charge < -0.3 is 9.84 Å². The van der Waals surface area contributed by atoms with E-state index in [4.69, 9.17) is 5.11 Å². The predicted molar refractivity (Wildman–Crippen MR) is 75.1 cm³/mol. The van der Waals surface area contributed by atoms with Crippen LogP contribution in [0.4, 0.5) is 18.9 Å². The third kappa shape index (κ3) is 4.13. The third-order valence-corrected chi connectivity index (χ3v) is 5.31. The molecule has 1 aromatic heterocycles. The summed E-state index contributed by atoms with van der Waals surface area (Å²) < 4.78 is 67.3. The fourth-order valence-electron chi connectivity index (χ4n) is 1.53. The molecule has 6 nitrogen and oxygen atoms in total. The zero-order valence-corrected chi connectivity index (χ0v) is 12.6. The van der Waals surface area contributed by atoms with Crippen LogP contribution in [0, 0.1) is 5.82 Å². The molecule has 2 aromatic rings. The molecule has 23 heavy (non-hydrogen) atoms. The lowest BCUT2D eigenvalue weighted by Gasteiger charge is -2.09. The summed E-state index contributed by atoms with van der Waals surface area (Å²) in [5.41, 5.74) is -0.434. The topological polar surface area (TPSA) is 92.7 Å². The van der Waals surface area contributed by atoms with Crippen molar-refractivity contribution in [1.82, 2.24) is 0 Å². The molecule has 0 radical (unpaired) electrons. The van der Waals surface area contributed by atoms with Crippen molar-refractivity contribution in [2.75, 3.05) is 4.72 Å². The minimum Gasteiger partial charge on any atom is -0.478 e. The third-order valence-electron chi connectivity index (χ3n) is 2.49. The van der Waals surface area contributed by atoms with Crippen LogP contribution in [0.15, 0.2) is 33.9 Å². The zero-order valence-electron chi connectivity index (χ0n) is 11.0. The van der Waals surface area contributed by atoms with Gasteiger partial charge in [-0.05, 0) is 18.2 Å². The second-order valence-electron chi connectivity index (χ2n) is 4.09. The Morgan fingerprint density at radius 1 is 1.30 bits per heavy atom. The van der Waals surface area contributed by atoms with Crippen molar-refractivity contribution in [3.05, 3.63) is 41.0 Å². The maximum Gasteiger partial charge on any atom is 0.387 e. The molecule has 124 valence electrons. The van der Waals surface area contributed by atoms with E-state index in [0.29, 0.717) is 17.4 Å². The van der Waals surface area contributed by atoms with Crippen LogP contribution in [0.25, 0.3) is 0 Å². The summed E-state index contributed by atoms with van der Waals surface area (Å²) in [5, 5.41) is 9.90. The van der Waals surface area contributed by atoms with Crippen molar-refractivity contribution in [1.29, 1.82) is 0 Å². The minimum atomic E-state index is -4.13. The lowest BCUT2D eigenvalue weighted by Crippen LogP contribution is -2.12. The molecule has 11 heteroatoms. The number of ether oxygens (including phenoxy) is 1. The van der Waals surface area contributed by atoms with Crippen LogP contribution in [0.1, 0.15) is 10.4 Å². The highest BCUT2D eigenvalue weighted by Crippen LogP contribution is 2.26. The molecule has 2 rings (SSSR count). The molecule has 0 unspecified atom stereocenters. The molecule has 0 spiro atoms. The van der Waals surface area contributed by atoms with Gasteiger partial charge in [0.25, 0.3) is 10.0 Å². The smallest absolute Gasteiger partial charge is 0.387 e. The zero-order chi connectivity index (χ0) is 17.2. The number of hydrogen-bond donors (Lipinski definition) is 2. The number of anilines is 1. The summed E-state index contributed by atoms with van der Waals surface area (Å²) in [7, 11) is -4.13. The van der Waals surface area contributed by atoms with E-state index in [1.807, 2.05) is 4.72 Å². The van der Waals surface area contributed by atoms with Crippen LogP contribution in [0.5, 0.6) is 5.75 Å². The van der Waals surface area contributed by atoms with Crippen LogP contribution in [0.3, 0.4) is 0 Å². The summed E-state index contributed by atoms with van der Waals surface area (Å²) in [6.45, 7) is -3.22. The number of hydrogen-bond acceptors (Lipinski definition) is 5. The lowest BCUT2D eigenvalue weighted by molar-refractivity contribution is -0.0521. The highest BCUT2D eigenvalue weighted by Gasteiger charge is 2.20. The summed E-state index contributed by atoms with van der Waals surface area (Å²) >= 11 is 0.671. The quantitative estimate of drug-likeness (QED) is 0.819. The van der Waals surface area contributed by atoms with Crippen molar-refractivity contribution >= 4 is 33.0 Å². The fraction of sp³-hybridized carbons (Fsp3) is 0.0833. The van der Waals surface area contributed by atoms with Crippen molar-refractivity contribution in [2.24, 2.45) is 0 Å². The Morgan fingerprint density at radius 2 is 2.00 bits per heavy atom. The van der Waals surface area contributed by atoms with Gasteiger partial charge in [-0.25, -0.2) is 17.6 Å². The summed E-state index contributed by atoms with van der Waals surface area (Å²) in [6, 6.07) is 3.49. The Labute approximate surface area is 132 Å². The van der Waals surface area contributed by atoms with Crippen LogP contribution in [-0.2, 0) is 10.0 Å². The lowest BCUT2D eigenvalue weighted by atomic mass is 10.3. The van der Waals surface area contributed by atoms with Gasteiger partial charge in [0.2, 0.25) is 0 Å². The number of thiophene rings is 1. The van der Waals surface area contributed by atoms with Gasteiger partial charge in [-0.15, -0.1) is 11.3 Å². The van der Waals surface area contributed by atoms with Gasteiger partial charge in [-0.2, -0.15) is 8.78 Å². The number of carbonyl (C=O) groups is 1. The van der Waals surface area contributed by atoms with Crippen LogP contribution in [-0.4, -0.2) is 26.1 Å². The Bertz CT molecular complexity index is 835. The molecule has 0 fully saturated rings. The summed E-state index contributed by atoms with van der Waals surface area (Å²) in [5.74, 6) is -3.20. The second-order valence-corrected chi connectivity index (χ2v) is 6.91. The molecule has 0 aliphatic carbocycles. The first kappa shape index (κ1) is 17.1. The molecule has 0 atom stereocenters. The molecule has 0 saturated carbocycles. The Hall–Kier alpha value is -2.27. The van der Waals surface area contributed by atoms with E-state index in [1.165, 1.54) is 0 Å². The van der Waals surface area contributed by atoms with Crippen molar-refractivity contribution < 1.29 is 36.2 Å². The number of benzene rings is 1. The summed E-state index contributed by atoms with van der Waals surface area (Å²) in [4.78, 5) is 10.7. The second kappa shape index (κ2) is 6.46. The maximum atomic E-state index is 13.5. The standard InChI is InChI=1S/C12H8F3NO5S2/c13-8-4-7(1-2-9(8)21-12(14)15)16-23(19,20)10-3-6(5-22-10)11(17)18/h1-5,12,16H,(H,17,18). The van der Waals surface area contributed by atoms with Crippen molar-refractivity contribution in [2.45, 2.75) is 10.8 Å². The number of alkyl halides is 2. The SMILES string of the molecule is O=C(O)c1csc(S(=O)(=O)Nc2ccc(OC(F)F)c(F)c2)c1. The predicted octanol–water partition coefficient (Wildman–Crippen LogP) is 2.99. The Morgan fingerprint density at radius 3 is 2.52 bits per heavy atom. The molecule has 0 aliphatic heterocycles. The van der Waals surface area contributed by atoms with E-state index < -0.39 is 34.2 Å². The van der Waals surface area contributed by atoms with E-state index in [1.54, 1.807) is 0 Å². The molecule has 2 N–H and O–H groups in total. The first-order chi connectivity index (χ1) is 10.7. The average Bonchev–Trinajstić information content (AvgIpc) is 2.92. The number of aromatic carboxylic acids is 1. The van der Waals surface area contributed by atoms with Gasteiger partial charge in [0.05, 0.1) is 11.3 Å². The van der Waals surface area contributed by atoms with Crippen LogP contribution in [0.2, 0.25) is 0 Å². The van der Waals surface area contributed by atoms with E-state index in [2.05, 4.69) is 4.74 Å². The molecule has 0 bridgehead atoms. The number of carboxylic acids is 1. The molecule has 0 amide bonds. The average molecular weight is 367 g/mol. The summed E-state index contributed by atoms with van der Waals surface area (Å²) in [6.07, 6.45) is 0. The van der Waals surface area contributed by atoms with Gasteiger partial charge in [-0.3, -0.25) is 4.72 Å². The highest BCUT2D eigenvalue weighted by molar-refractivity contribution is 7.94. The van der Waals surface area contributed by atoms with Gasteiger partial charge in [0.1, 0.15) is 4.21 Å². The van der Waals surface area contributed by atoms with Crippen molar-refractivity contribution in [3.63, 3.8) is 0 Å². The first-order valence-corrected chi connectivity index (χ1v) is 8.14. The number of halogens is 3. The monoisotopic (exact) mass is 367 g/mol. The van der Waals surface area contributed by atoms with E-state index in [0.717, 1.165) is 23.6 Å². The molecular weight excluding hydrogens is 359 g/mol. The van der Waals surface area contributed by atoms with E-state index >= 15 is 0 Å². The van der Waals surface area contributed by atoms with E-state index in [-0.39, 0.29) is 15.5 Å². The van der Waals surface area contributed by atoms with Crippen LogP contribution < -0.4 is 9.46 Å². The molecular formula is C12H8F3NO5S2. The molecule has 0 saturated heterocycles. The number of nitrogens with one attached hydrogen (secondary N) is 1.